The highest BCUT2D eigenvalue weighted by atomic mass is 35.5. The van der Waals surface area contributed by atoms with Gasteiger partial charge in [0.25, 0.3) is 0 Å². The predicted molar refractivity (Wildman–Crippen MR) is 75.4 cm³/mol. The third-order valence-electron chi connectivity index (χ3n) is 2.94. The van der Waals surface area contributed by atoms with E-state index >= 15 is 0 Å². The minimum Gasteiger partial charge on any atom is -0.294 e. The van der Waals surface area contributed by atoms with Crippen molar-refractivity contribution < 1.29 is 4.79 Å². The maximum atomic E-state index is 12.2. The quantitative estimate of drug-likeness (QED) is 0.747. The van der Waals surface area contributed by atoms with Crippen LogP contribution in [0.2, 0.25) is 5.02 Å². The van der Waals surface area contributed by atoms with Gasteiger partial charge >= 0.3 is 0 Å². The number of ketones is 1. The highest BCUT2D eigenvalue weighted by molar-refractivity contribution is 6.30. The molecule has 0 aliphatic heterocycles. The minimum absolute atomic E-state index is 0.134. The van der Waals surface area contributed by atoms with E-state index in [1.807, 2.05) is 56.3 Å². The Bertz CT molecular complexity index is 587. The standard InChI is InChI=1S/C16H15ClO/c1-11-6-7-15(12(2)8-11)16(18)10-13-4-3-5-14(17)9-13/h3-9H,10H2,1-2H3. The van der Waals surface area contributed by atoms with Gasteiger partial charge in [-0.1, -0.05) is 47.5 Å². The Labute approximate surface area is 112 Å². The molecule has 2 heteroatoms. The molecule has 0 spiro atoms. The molecule has 0 aromatic heterocycles. The lowest BCUT2D eigenvalue weighted by atomic mass is 9.98. The largest absolute Gasteiger partial charge is 0.294 e. The number of hydrogen-bond acceptors (Lipinski definition) is 1. The van der Waals surface area contributed by atoms with Gasteiger partial charge in [0.2, 0.25) is 0 Å². The van der Waals surface area contributed by atoms with Gasteiger partial charge in [-0.05, 0) is 37.1 Å². The van der Waals surface area contributed by atoms with E-state index in [1.54, 1.807) is 0 Å². The monoisotopic (exact) mass is 258 g/mol. The topological polar surface area (TPSA) is 17.1 Å². The fourth-order valence-corrected chi connectivity index (χ4v) is 2.27. The third kappa shape index (κ3) is 2.99. The molecule has 0 aliphatic carbocycles. The summed E-state index contributed by atoms with van der Waals surface area (Å²) >= 11 is 5.92. The molecule has 0 unspecified atom stereocenters. The Morgan fingerprint density at radius 1 is 1.11 bits per heavy atom. The summed E-state index contributed by atoms with van der Waals surface area (Å²) in [5, 5.41) is 0.668. The lowest BCUT2D eigenvalue weighted by Crippen LogP contribution is -2.05. The van der Waals surface area contributed by atoms with Crippen LogP contribution >= 0.6 is 11.6 Å². The SMILES string of the molecule is Cc1ccc(C(=O)Cc2cccc(Cl)c2)c(C)c1. The number of hydrogen-bond donors (Lipinski definition) is 0. The Hall–Kier alpha value is -1.60. The summed E-state index contributed by atoms with van der Waals surface area (Å²) in [6, 6.07) is 13.3. The fraction of sp³-hybridized carbons (Fsp3) is 0.188. The Kier molecular flexibility index (Phi) is 3.83. The van der Waals surface area contributed by atoms with Crippen LogP contribution in [-0.2, 0) is 6.42 Å². The second kappa shape index (κ2) is 5.36. The van der Waals surface area contributed by atoms with E-state index in [0.717, 1.165) is 16.7 Å². The lowest BCUT2D eigenvalue weighted by Gasteiger charge is -2.06. The van der Waals surface area contributed by atoms with Crippen LogP contribution in [0, 0.1) is 13.8 Å². The molecule has 2 aromatic carbocycles. The molecule has 0 fully saturated rings. The van der Waals surface area contributed by atoms with E-state index < -0.39 is 0 Å². The van der Waals surface area contributed by atoms with Crippen LogP contribution in [0.3, 0.4) is 0 Å². The first-order chi connectivity index (χ1) is 8.56. The van der Waals surface area contributed by atoms with Crippen LogP contribution in [0.15, 0.2) is 42.5 Å². The minimum atomic E-state index is 0.134. The zero-order valence-electron chi connectivity index (χ0n) is 10.5. The maximum absolute atomic E-state index is 12.2. The van der Waals surface area contributed by atoms with Crippen molar-refractivity contribution in [2.45, 2.75) is 20.3 Å². The van der Waals surface area contributed by atoms with E-state index in [9.17, 15) is 4.79 Å². The van der Waals surface area contributed by atoms with Gasteiger partial charge in [0.05, 0.1) is 0 Å². The highest BCUT2D eigenvalue weighted by Gasteiger charge is 2.10. The summed E-state index contributed by atoms with van der Waals surface area (Å²) in [7, 11) is 0. The van der Waals surface area contributed by atoms with Gasteiger partial charge < -0.3 is 0 Å². The number of aryl methyl sites for hydroxylation is 2. The van der Waals surface area contributed by atoms with Gasteiger partial charge in [0.15, 0.2) is 5.78 Å². The molecule has 18 heavy (non-hydrogen) atoms. The molecule has 92 valence electrons. The fourth-order valence-electron chi connectivity index (χ4n) is 2.05. The smallest absolute Gasteiger partial charge is 0.167 e. The van der Waals surface area contributed by atoms with Crippen LogP contribution in [-0.4, -0.2) is 5.78 Å². The highest BCUT2D eigenvalue weighted by Crippen LogP contribution is 2.16. The lowest BCUT2D eigenvalue weighted by molar-refractivity contribution is 0.0992. The van der Waals surface area contributed by atoms with Crippen molar-refractivity contribution in [2.75, 3.05) is 0 Å². The van der Waals surface area contributed by atoms with Crippen LogP contribution in [0.1, 0.15) is 27.0 Å². The van der Waals surface area contributed by atoms with Gasteiger partial charge in [-0.15, -0.1) is 0 Å². The van der Waals surface area contributed by atoms with Crippen LogP contribution < -0.4 is 0 Å². The van der Waals surface area contributed by atoms with Gasteiger partial charge in [-0.2, -0.15) is 0 Å². The van der Waals surface area contributed by atoms with Crippen molar-refractivity contribution in [1.29, 1.82) is 0 Å². The Morgan fingerprint density at radius 2 is 1.89 bits per heavy atom. The number of carbonyl (C=O) groups is 1. The van der Waals surface area contributed by atoms with Crippen molar-refractivity contribution in [2.24, 2.45) is 0 Å². The number of halogens is 1. The Morgan fingerprint density at radius 3 is 2.56 bits per heavy atom. The molecule has 2 aromatic rings. The first-order valence-corrected chi connectivity index (χ1v) is 6.29. The molecule has 0 aliphatic rings. The first-order valence-electron chi connectivity index (χ1n) is 5.91. The van der Waals surface area contributed by atoms with Gasteiger partial charge in [0.1, 0.15) is 0 Å². The van der Waals surface area contributed by atoms with Gasteiger partial charge in [0, 0.05) is 17.0 Å². The Balaban J connectivity index is 2.22. The molecule has 0 radical (unpaired) electrons. The number of rotatable bonds is 3. The second-order valence-corrected chi connectivity index (χ2v) is 4.98. The molecule has 0 N–H and O–H groups in total. The molecule has 0 bridgehead atoms. The third-order valence-corrected chi connectivity index (χ3v) is 3.17. The molecule has 2 rings (SSSR count). The average molecular weight is 259 g/mol. The van der Waals surface area contributed by atoms with Crippen molar-refractivity contribution in [3.63, 3.8) is 0 Å². The summed E-state index contributed by atoms with van der Waals surface area (Å²) < 4.78 is 0. The first kappa shape index (κ1) is 12.8. The summed E-state index contributed by atoms with van der Waals surface area (Å²) in [6.07, 6.45) is 0.393. The van der Waals surface area contributed by atoms with E-state index in [4.69, 9.17) is 11.6 Å². The summed E-state index contributed by atoms with van der Waals surface area (Å²) in [6.45, 7) is 4.00. The summed E-state index contributed by atoms with van der Waals surface area (Å²) in [4.78, 5) is 12.2. The van der Waals surface area contributed by atoms with Gasteiger partial charge in [-0.25, -0.2) is 0 Å². The zero-order valence-corrected chi connectivity index (χ0v) is 11.3. The van der Waals surface area contributed by atoms with Crippen LogP contribution in [0.25, 0.3) is 0 Å². The van der Waals surface area contributed by atoms with E-state index in [0.29, 0.717) is 11.4 Å². The van der Waals surface area contributed by atoms with Crippen molar-refractivity contribution in [1.82, 2.24) is 0 Å². The van der Waals surface area contributed by atoms with E-state index in [2.05, 4.69) is 0 Å². The number of Topliss-reactive ketones (excluding diaryl/α,β-unsaturated/α-hetero) is 1. The van der Waals surface area contributed by atoms with Crippen molar-refractivity contribution in [3.05, 3.63) is 69.7 Å². The zero-order chi connectivity index (χ0) is 13.1. The molecule has 0 heterocycles. The molecule has 0 saturated heterocycles. The number of carbonyl (C=O) groups excluding carboxylic acids is 1. The average Bonchev–Trinajstić information content (AvgIpc) is 2.28. The maximum Gasteiger partial charge on any atom is 0.167 e. The van der Waals surface area contributed by atoms with E-state index in [-0.39, 0.29) is 5.78 Å². The predicted octanol–water partition coefficient (Wildman–Crippen LogP) is 4.38. The molecule has 0 atom stereocenters. The molecule has 0 saturated carbocycles. The molecule has 0 amide bonds. The second-order valence-electron chi connectivity index (χ2n) is 4.55. The van der Waals surface area contributed by atoms with Crippen molar-refractivity contribution in [3.8, 4) is 0 Å². The van der Waals surface area contributed by atoms with Crippen LogP contribution in [0.5, 0.6) is 0 Å². The summed E-state index contributed by atoms with van der Waals surface area (Å²) in [5.74, 6) is 0.134. The van der Waals surface area contributed by atoms with Crippen molar-refractivity contribution >= 4 is 17.4 Å². The molecular weight excluding hydrogens is 244 g/mol. The van der Waals surface area contributed by atoms with E-state index in [1.165, 1.54) is 5.56 Å². The number of benzene rings is 2. The summed E-state index contributed by atoms with van der Waals surface area (Å²) in [5.41, 5.74) is 3.95. The van der Waals surface area contributed by atoms with Gasteiger partial charge in [-0.3, -0.25) is 4.79 Å². The normalized spacial score (nSPS) is 10.4. The van der Waals surface area contributed by atoms with Crippen LogP contribution in [0.4, 0.5) is 0 Å². The molecule has 1 nitrogen and oxygen atoms in total. The molecular formula is C16H15ClO.